The van der Waals surface area contributed by atoms with Crippen molar-refractivity contribution in [1.82, 2.24) is 4.90 Å². The Morgan fingerprint density at radius 2 is 2.05 bits per heavy atom. The second kappa shape index (κ2) is 6.10. The van der Waals surface area contributed by atoms with Crippen molar-refractivity contribution in [2.24, 2.45) is 0 Å². The van der Waals surface area contributed by atoms with Crippen LogP contribution in [0.2, 0.25) is 0 Å². The molecule has 2 aromatic rings. The standard InChI is InChI=1S/C18H19NO3/c1-13-17-11-16(20)8-7-15(17)9-10-19(13)18(21)22-12-14-5-3-2-4-6-14/h2-8,11,13,20H,9-10,12H2,1H3. The number of nitrogens with zero attached hydrogens (tertiary/aromatic N) is 1. The second-order valence-electron chi connectivity index (χ2n) is 5.54. The van der Waals surface area contributed by atoms with Gasteiger partial charge in [0.15, 0.2) is 0 Å². The Morgan fingerprint density at radius 3 is 2.82 bits per heavy atom. The summed E-state index contributed by atoms with van der Waals surface area (Å²) in [6.07, 6.45) is 0.464. The van der Waals surface area contributed by atoms with E-state index >= 15 is 0 Å². The summed E-state index contributed by atoms with van der Waals surface area (Å²) in [5, 5.41) is 9.65. The number of carbonyl (C=O) groups excluding carboxylic acids is 1. The van der Waals surface area contributed by atoms with Gasteiger partial charge in [-0.15, -0.1) is 0 Å². The zero-order valence-electron chi connectivity index (χ0n) is 12.5. The summed E-state index contributed by atoms with van der Waals surface area (Å²) in [6, 6.07) is 14.9. The number of carbonyl (C=O) groups is 1. The zero-order valence-corrected chi connectivity index (χ0v) is 12.5. The molecule has 1 heterocycles. The Morgan fingerprint density at radius 1 is 1.27 bits per heavy atom. The smallest absolute Gasteiger partial charge is 0.410 e. The molecule has 0 spiro atoms. The van der Waals surface area contributed by atoms with Crippen molar-refractivity contribution in [3.8, 4) is 5.75 Å². The maximum atomic E-state index is 12.3. The molecule has 0 saturated heterocycles. The summed E-state index contributed by atoms with van der Waals surface area (Å²) in [6.45, 7) is 2.86. The summed E-state index contributed by atoms with van der Waals surface area (Å²) in [7, 11) is 0. The fourth-order valence-electron chi connectivity index (χ4n) is 2.85. The second-order valence-corrected chi connectivity index (χ2v) is 5.54. The fourth-order valence-corrected chi connectivity index (χ4v) is 2.85. The molecule has 0 radical (unpaired) electrons. The van der Waals surface area contributed by atoms with Crippen LogP contribution < -0.4 is 0 Å². The van der Waals surface area contributed by atoms with Crippen molar-refractivity contribution >= 4 is 6.09 Å². The highest BCUT2D eigenvalue weighted by Gasteiger charge is 2.28. The van der Waals surface area contributed by atoms with Crippen LogP contribution in [0.3, 0.4) is 0 Å². The molecule has 4 nitrogen and oxygen atoms in total. The Kier molecular flexibility index (Phi) is 4.00. The van der Waals surface area contributed by atoms with Gasteiger partial charge in [-0.25, -0.2) is 4.79 Å². The lowest BCUT2D eigenvalue weighted by molar-refractivity contribution is 0.0803. The predicted molar refractivity (Wildman–Crippen MR) is 83.6 cm³/mol. The van der Waals surface area contributed by atoms with E-state index in [1.165, 1.54) is 5.56 Å². The van der Waals surface area contributed by atoms with Crippen molar-refractivity contribution in [3.63, 3.8) is 0 Å². The van der Waals surface area contributed by atoms with Gasteiger partial charge in [0.1, 0.15) is 12.4 Å². The summed E-state index contributed by atoms with van der Waals surface area (Å²) in [5.41, 5.74) is 3.14. The summed E-state index contributed by atoms with van der Waals surface area (Å²) < 4.78 is 5.41. The number of aromatic hydroxyl groups is 1. The van der Waals surface area contributed by atoms with E-state index in [0.29, 0.717) is 6.54 Å². The van der Waals surface area contributed by atoms with Gasteiger partial charge in [0.05, 0.1) is 6.04 Å². The minimum atomic E-state index is -0.314. The zero-order chi connectivity index (χ0) is 15.5. The van der Waals surface area contributed by atoms with Crippen LogP contribution in [0.1, 0.15) is 29.7 Å². The average molecular weight is 297 g/mol. The number of benzene rings is 2. The first-order chi connectivity index (χ1) is 10.6. The minimum Gasteiger partial charge on any atom is -0.508 e. The normalized spacial score (nSPS) is 17.0. The van der Waals surface area contributed by atoms with E-state index in [-0.39, 0.29) is 24.5 Å². The van der Waals surface area contributed by atoms with Gasteiger partial charge in [0.25, 0.3) is 0 Å². The maximum absolute atomic E-state index is 12.3. The van der Waals surface area contributed by atoms with Crippen molar-refractivity contribution in [2.75, 3.05) is 6.54 Å². The van der Waals surface area contributed by atoms with Crippen LogP contribution in [0, 0.1) is 0 Å². The van der Waals surface area contributed by atoms with E-state index in [0.717, 1.165) is 17.5 Å². The first-order valence-corrected chi connectivity index (χ1v) is 7.44. The van der Waals surface area contributed by atoms with Gasteiger partial charge in [-0.1, -0.05) is 36.4 Å². The topological polar surface area (TPSA) is 49.8 Å². The van der Waals surface area contributed by atoms with E-state index in [2.05, 4.69) is 0 Å². The van der Waals surface area contributed by atoms with Crippen molar-refractivity contribution in [1.29, 1.82) is 0 Å². The van der Waals surface area contributed by atoms with Crippen LogP contribution in [0.15, 0.2) is 48.5 Å². The summed E-state index contributed by atoms with van der Waals surface area (Å²) >= 11 is 0. The highest BCUT2D eigenvalue weighted by molar-refractivity contribution is 5.69. The Balaban J connectivity index is 1.69. The SMILES string of the molecule is CC1c2cc(O)ccc2CCN1C(=O)OCc1ccccc1. The molecule has 0 fully saturated rings. The number of phenolic OH excluding ortho intramolecular Hbond substituents is 1. The Hall–Kier alpha value is -2.49. The van der Waals surface area contributed by atoms with Gasteiger partial charge >= 0.3 is 6.09 Å². The molecule has 1 aliphatic rings. The summed E-state index contributed by atoms with van der Waals surface area (Å²) in [5.74, 6) is 0.227. The van der Waals surface area contributed by atoms with Crippen LogP contribution in [-0.2, 0) is 17.8 Å². The van der Waals surface area contributed by atoms with E-state index in [9.17, 15) is 9.90 Å². The molecule has 1 amide bonds. The number of rotatable bonds is 2. The van der Waals surface area contributed by atoms with Crippen LogP contribution in [0.25, 0.3) is 0 Å². The van der Waals surface area contributed by atoms with Crippen molar-refractivity contribution in [2.45, 2.75) is 26.0 Å². The molecular formula is C18H19NO3. The Bertz CT molecular complexity index is 669. The van der Waals surface area contributed by atoms with Crippen molar-refractivity contribution in [3.05, 3.63) is 65.2 Å². The van der Waals surface area contributed by atoms with Gasteiger partial charge in [-0.3, -0.25) is 0 Å². The van der Waals surface area contributed by atoms with Gasteiger partial charge in [-0.05, 0) is 42.2 Å². The number of phenols is 1. The number of hydrogen-bond acceptors (Lipinski definition) is 3. The molecule has 114 valence electrons. The molecular weight excluding hydrogens is 278 g/mol. The monoisotopic (exact) mass is 297 g/mol. The van der Waals surface area contributed by atoms with Crippen LogP contribution in [-0.4, -0.2) is 22.6 Å². The van der Waals surface area contributed by atoms with Crippen molar-refractivity contribution < 1.29 is 14.6 Å². The van der Waals surface area contributed by atoms with Crippen LogP contribution >= 0.6 is 0 Å². The molecule has 1 aliphatic heterocycles. The molecule has 1 unspecified atom stereocenters. The number of hydrogen-bond donors (Lipinski definition) is 1. The third kappa shape index (κ3) is 2.91. The van der Waals surface area contributed by atoms with Gasteiger partial charge in [0.2, 0.25) is 0 Å². The lowest BCUT2D eigenvalue weighted by Crippen LogP contribution is -2.39. The summed E-state index contributed by atoms with van der Waals surface area (Å²) in [4.78, 5) is 14.0. The highest BCUT2D eigenvalue weighted by Crippen LogP contribution is 2.32. The van der Waals surface area contributed by atoms with Crippen LogP contribution in [0.5, 0.6) is 5.75 Å². The van der Waals surface area contributed by atoms with Gasteiger partial charge < -0.3 is 14.7 Å². The molecule has 0 aromatic heterocycles. The first-order valence-electron chi connectivity index (χ1n) is 7.44. The molecule has 0 saturated carbocycles. The average Bonchev–Trinajstić information content (AvgIpc) is 2.54. The third-order valence-electron chi connectivity index (χ3n) is 4.11. The number of ether oxygens (including phenoxy) is 1. The van der Waals surface area contributed by atoms with E-state index < -0.39 is 0 Å². The fraction of sp³-hybridized carbons (Fsp3) is 0.278. The molecule has 2 aromatic carbocycles. The van der Waals surface area contributed by atoms with E-state index in [4.69, 9.17) is 4.74 Å². The Labute approximate surface area is 130 Å². The number of amides is 1. The molecule has 0 bridgehead atoms. The first kappa shape index (κ1) is 14.4. The van der Waals surface area contributed by atoms with E-state index in [1.807, 2.05) is 43.3 Å². The maximum Gasteiger partial charge on any atom is 0.410 e. The van der Waals surface area contributed by atoms with Gasteiger partial charge in [-0.2, -0.15) is 0 Å². The molecule has 22 heavy (non-hydrogen) atoms. The predicted octanol–water partition coefficient (Wildman–Crippen LogP) is 3.65. The molecule has 4 heteroatoms. The quantitative estimate of drug-likeness (QED) is 0.920. The molecule has 3 rings (SSSR count). The van der Waals surface area contributed by atoms with Gasteiger partial charge in [0, 0.05) is 6.54 Å². The largest absolute Gasteiger partial charge is 0.508 e. The van der Waals surface area contributed by atoms with Crippen LogP contribution in [0.4, 0.5) is 4.79 Å². The minimum absolute atomic E-state index is 0.0980. The molecule has 1 N–H and O–H groups in total. The third-order valence-corrected chi connectivity index (χ3v) is 4.11. The number of fused-ring (bicyclic) bond motifs is 1. The molecule has 1 atom stereocenters. The lowest BCUT2D eigenvalue weighted by Gasteiger charge is -2.34. The highest BCUT2D eigenvalue weighted by atomic mass is 16.6. The lowest BCUT2D eigenvalue weighted by atomic mass is 9.94. The van der Waals surface area contributed by atoms with E-state index in [1.54, 1.807) is 17.0 Å². The molecule has 0 aliphatic carbocycles.